The summed E-state index contributed by atoms with van der Waals surface area (Å²) >= 11 is 0. The van der Waals surface area contributed by atoms with Crippen LogP contribution in [0.25, 0.3) is 22.0 Å². The topological polar surface area (TPSA) is 74.3 Å². The van der Waals surface area contributed by atoms with Gasteiger partial charge in [-0.2, -0.15) is 5.10 Å². The highest BCUT2D eigenvalue weighted by atomic mass is 16.5. The molecular formula is C26H29N5O2. The van der Waals surface area contributed by atoms with Crippen LogP contribution < -0.4 is 4.74 Å². The van der Waals surface area contributed by atoms with Crippen molar-refractivity contribution in [3.63, 3.8) is 0 Å². The van der Waals surface area contributed by atoms with Gasteiger partial charge in [-0.25, -0.2) is 0 Å². The van der Waals surface area contributed by atoms with E-state index in [1.807, 2.05) is 82.8 Å². The molecule has 1 N–H and O–H groups in total. The first-order chi connectivity index (χ1) is 16.0. The van der Waals surface area contributed by atoms with E-state index in [1.165, 1.54) is 0 Å². The molecule has 1 amide bonds. The number of carbonyl (C=O) groups is 1. The lowest BCUT2D eigenvalue weighted by atomic mass is 10.0. The second-order valence-electron chi connectivity index (χ2n) is 8.27. The molecule has 33 heavy (non-hydrogen) atoms. The van der Waals surface area contributed by atoms with Crippen molar-refractivity contribution in [2.75, 3.05) is 34.3 Å². The quantitative estimate of drug-likeness (QED) is 0.437. The minimum absolute atomic E-state index is 0.0843. The maximum atomic E-state index is 13.6. The van der Waals surface area contributed by atoms with Crippen LogP contribution in [0.1, 0.15) is 28.9 Å². The molecule has 0 aliphatic heterocycles. The van der Waals surface area contributed by atoms with Crippen LogP contribution in [0.15, 0.2) is 67.1 Å². The van der Waals surface area contributed by atoms with Gasteiger partial charge in [-0.05, 0) is 44.8 Å². The summed E-state index contributed by atoms with van der Waals surface area (Å²) in [5, 5.41) is 8.14. The van der Waals surface area contributed by atoms with E-state index in [0.717, 1.165) is 27.6 Å². The molecule has 170 valence electrons. The summed E-state index contributed by atoms with van der Waals surface area (Å²) in [6.07, 6.45) is 5.33. The molecule has 0 radical (unpaired) electrons. The Hall–Kier alpha value is -3.71. The number of nitrogens with zero attached hydrogens (tertiary/aromatic N) is 4. The molecule has 4 rings (SSSR count). The third kappa shape index (κ3) is 4.73. The molecule has 0 saturated carbocycles. The number of rotatable bonds is 8. The van der Waals surface area contributed by atoms with Crippen molar-refractivity contribution in [1.29, 1.82) is 0 Å². The third-order valence-corrected chi connectivity index (χ3v) is 5.68. The van der Waals surface area contributed by atoms with Gasteiger partial charge in [0.1, 0.15) is 5.75 Å². The number of aromatic nitrogens is 3. The first-order valence-electron chi connectivity index (χ1n) is 11.0. The van der Waals surface area contributed by atoms with Crippen molar-refractivity contribution >= 4 is 16.8 Å². The van der Waals surface area contributed by atoms with Crippen LogP contribution in [0.5, 0.6) is 5.75 Å². The van der Waals surface area contributed by atoms with Crippen molar-refractivity contribution in [3.8, 4) is 16.9 Å². The van der Waals surface area contributed by atoms with Gasteiger partial charge in [0.05, 0.1) is 24.4 Å². The lowest BCUT2D eigenvalue weighted by molar-refractivity contribution is 0.0706. The normalized spacial score (nSPS) is 12.2. The Balaban J connectivity index is 1.70. The minimum Gasteiger partial charge on any atom is -0.493 e. The van der Waals surface area contributed by atoms with E-state index < -0.39 is 0 Å². The number of carbonyl (C=O) groups excluding carboxylic acids is 1. The molecule has 0 bridgehead atoms. The van der Waals surface area contributed by atoms with Crippen molar-refractivity contribution in [2.24, 2.45) is 0 Å². The Bertz CT molecular complexity index is 1240. The molecule has 7 nitrogen and oxygen atoms in total. The third-order valence-electron chi connectivity index (χ3n) is 5.68. The molecule has 0 saturated heterocycles. The van der Waals surface area contributed by atoms with Crippen LogP contribution in [-0.2, 0) is 0 Å². The zero-order chi connectivity index (χ0) is 23.4. The Morgan fingerprint density at radius 2 is 1.85 bits per heavy atom. The highest BCUT2D eigenvalue weighted by Crippen LogP contribution is 2.33. The van der Waals surface area contributed by atoms with Gasteiger partial charge in [-0.15, -0.1) is 0 Å². The van der Waals surface area contributed by atoms with Gasteiger partial charge >= 0.3 is 0 Å². The van der Waals surface area contributed by atoms with Crippen molar-refractivity contribution in [3.05, 3.63) is 78.2 Å². The van der Waals surface area contributed by atoms with E-state index in [1.54, 1.807) is 17.3 Å². The number of benzene rings is 2. The van der Waals surface area contributed by atoms with E-state index >= 15 is 0 Å². The van der Waals surface area contributed by atoms with Gasteiger partial charge in [0, 0.05) is 48.1 Å². The van der Waals surface area contributed by atoms with E-state index in [2.05, 4.69) is 20.1 Å². The predicted molar refractivity (Wildman–Crippen MR) is 130 cm³/mol. The van der Waals surface area contributed by atoms with Crippen molar-refractivity contribution < 1.29 is 9.53 Å². The highest BCUT2D eigenvalue weighted by molar-refractivity contribution is 5.96. The largest absolute Gasteiger partial charge is 0.493 e. The summed E-state index contributed by atoms with van der Waals surface area (Å²) < 4.78 is 5.92. The molecule has 2 aromatic heterocycles. The average Bonchev–Trinajstić information content (AvgIpc) is 3.31. The monoisotopic (exact) mass is 443 g/mol. The molecule has 7 heteroatoms. The van der Waals surface area contributed by atoms with Crippen LogP contribution in [0.4, 0.5) is 0 Å². The van der Waals surface area contributed by atoms with Gasteiger partial charge in [0.2, 0.25) is 0 Å². The molecule has 0 spiro atoms. The highest BCUT2D eigenvalue weighted by Gasteiger charge is 2.26. The zero-order valence-corrected chi connectivity index (χ0v) is 19.4. The molecule has 2 heterocycles. The van der Waals surface area contributed by atoms with Crippen LogP contribution in [0, 0.1) is 0 Å². The summed E-state index contributed by atoms with van der Waals surface area (Å²) in [4.78, 5) is 21.8. The van der Waals surface area contributed by atoms with Gasteiger partial charge in [0.25, 0.3) is 5.91 Å². The maximum Gasteiger partial charge on any atom is 0.254 e. The Morgan fingerprint density at radius 1 is 1.06 bits per heavy atom. The molecule has 0 aliphatic rings. The summed E-state index contributed by atoms with van der Waals surface area (Å²) in [6, 6.07) is 15.5. The number of H-pyrrole nitrogens is 1. The number of amides is 1. The number of likely N-dealkylation sites (N-methyl/N-ethyl adjacent to an activating group) is 2. The molecule has 4 aromatic rings. The zero-order valence-electron chi connectivity index (χ0n) is 19.4. The summed E-state index contributed by atoms with van der Waals surface area (Å²) in [6.45, 7) is 3.10. The van der Waals surface area contributed by atoms with E-state index in [-0.39, 0.29) is 11.9 Å². The van der Waals surface area contributed by atoms with E-state index in [4.69, 9.17) is 4.74 Å². The molecule has 1 atom stereocenters. The van der Waals surface area contributed by atoms with Crippen LogP contribution in [-0.4, -0.2) is 65.2 Å². The van der Waals surface area contributed by atoms with Crippen LogP contribution >= 0.6 is 0 Å². The SMILES string of the molecule is CCOc1cc(C(=O)N(C)C(CN(C)C)c2cncc3cn[nH]c23)ccc1-c1ccccc1. The lowest BCUT2D eigenvalue weighted by Crippen LogP contribution is -2.37. The molecule has 2 aromatic carbocycles. The summed E-state index contributed by atoms with van der Waals surface area (Å²) in [5.41, 5.74) is 4.42. The minimum atomic E-state index is -0.214. The first-order valence-corrected chi connectivity index (χ1v) is 11.0. The average molecular weight is 444 g/mol. The number of pyridine rings is 1. The Kier molecular flexibility index (Phi) is 6.70. The Morgan fingerprint density at radius 3 is 2.58 bits per heavy atom. The Labute approximate surface area is 194 Å². The van der Waals surface area contributed by atoms with E-state index in [0.29, 0.717) is 24.5 Å². The number of nitrogens with one attached hydrogen (secondary N) is 1. The van der Waals surface area contributed by atoms with Crippen LogP contribution in [0.3, 0.4) is 0 Å². The number of fused-ring (bicyclic) bond motifs is 1. The fourth-order valence-electron chi connectivity index (χ4n) is 4.05. The second kappa shape index (κ2) is 9.83. The number of aromatic amines is 1. The number of hydrogen-bond acceptors (Lipinski definition) is 5. The fourth-order valence-corrected chi connectivity index (χ4v) is 4.05. The first kappa shape index (κ1) is 22.5. The molecular weight excluding hydrogens is 414 g/mol. The molecule has 1 unspecified atom stereocenters. The van der Waals surface area contributed by atoms with E-state index in [9.17, 15) is 4.79 Å². The second-order valence-corrected chi connectivity index (χ2v) is 8.27. The van der Waals surface area contributed by atoms with Gasteiger partial charge in [-0.1, -0.05) is 30.3 Å². The van der Waals surface area contributed by atoms with Crippen LogP contribution in [0.2, 0.25) is 0 Å². The van der Waals surface area contributed by atoms with Gasteiger partial charge in [-0.3, -0.25) is 14.9 Å². The number of ether oxygens (including phenoxy) is 1. The van der Waals surface area contributed by atoms with Crippen molar-refractivity contribution in [2.45, 2.75) is 13.0 Å². The standard InChI is InChI=1S/C26H29N5O2/c1-5-33-24-13-19(11-12-21(24)18-9-7-6-8-10-18)26(32)31(4)23(17-30(2)3)22-16-27-14-20-15-28-29-25(20)22/h6-16,23H,5,17H2,1-4H3,(H,28,29). The van der Waals surface area contributed by atoms with Gasteiger partial charge < -0.3 is 14.5 Å². The van der Waals surface area contributed by atoms with Gasteiger partial charge in [0.15, 0.2) is 0 Å². The smallest absolute Gasteiger partial charge is 0.254 e. The maximum absolute atomic E-state index is 13.6. The number of hydrogen-bond donors (Lipinski definition) is 1. The summed E-state index contributed by atoms with van der Waals surface area (Å²) in [5.74, 6) is 0.614. The molecule has 0 aliphatic carbocycles. The summed E-state index contributed by atoms with van der Waals surface area (Å²) in [7, 11) is 5.82. The van der Waals surface area contributed by atoms with Crippen molar-refractivity contribution in [1.82, 2.24) is 25.0 Å². The fraction of sp³-hybridized carbons (Fsp3) is 0.269. The lowest BCUT2D eigenvalue weighted by Gasteiger charge is -2.31. The molecule has 0 fully saturated rings. The predicted octanol–water partition coefficient (Wildman–Crippen LogP) is 4.40.